The van der Waals surface area contributed by atoms with Crippen LogP contribution in [0.5, 0.6) is 0 Å². The average molecular weight is 218 g/mol. The molecule has 0 aliphatic carbocycles. The molecular formula is C9H9F3N2O. The van der Waals surface area contributed by atoms with E-state index >= 15 is 0 Å². The number of hydrogen-bond donors (Lipinski definition) is 0. The monoisotopic (exact) mass is 218 g/mol. The van der Waals surface area contributed by atoms with Gasteiger partial charge in [-0.15, -0.1) is 0 Å². The van der Waals surface area contributed by atoms with Gasteiger partial charge in [0.15, 0.2) is 0 Å². The summed E-state index contributed by atoms with van der Waals surface area (Å²) >= 11 is 0. The maximum absolute atomic E-state index is 12.1. The summed E-state index contributed by atoms with van der Waals surface area (Å²) in [7, 11) is 3.00. The van der Waals surface area contributed by atoms with Gasteiger partial charge in [-0.3, -0.25) is 9.78 Å². The van der Waals surface area contributed by atoms with Gasteiger partial charge >= 0.3 is 6.18 Å². The van der Waals surface area contributed by atoms with Crippen LogP contribution in [0, 0.1) is 0 Å². The molecule has 1 aromatic rings. The minimum Gasteiger partial charge on any atom is -0.343 e. The summed E-state index contributed by atoms with van der Waals surface area (Å²) in [6.45, 7) is 0. The summed E-state index contributed by atoms with van der Waals surface area (Å²) in [5, 5.41) is 0. The van der Waals surface area contributed by atoms with Gasteiger partial charge in [0, 0.05) is 20.3 Å². The predicted molar refractivity (Wildman–Crippen MR) is 47.3 cm³/mol. The van der Waals surface area contributed by atoms with Crippen LogP contribution < -0.4 is 0 Å². The summed E-state index contributed by atoms with van der Waals surface area (Å²) in [5.74, 6) is -0.427. The number of carbonyl (C=O) groups is 1. The third-order valence-corrected chi connectivity index (χ3v) is 1.72. The Bertz CT molecular complexity index is 357. The molecule has 1 heterocycles. The Balaban J connectivity index is 2.96. The molecule has 0 aromatic carbocycles. The van der Waals surface area contributed by atoms with Crippen LogP contribution in [0.1, 0.15) is 16.1 Å². The third-order valence-electron chi connectivity index (χ3n) is 1.72. The fraction of sp³-hybridized carbons (Fsp3) is 0.333. The van der Waals surface area contributed by atoms with Gasteiger partial charge in [-0.05, 0) is 12.1 Å². The first-order chi connectivity index (χ1) is 6.82. The van der Waals surface area contributed by atoms with Gasteiger partial charge < -0.3 is 4.90 Å². The van der Waals surface area contributed by atoms with Gasteiger partial charge in [0.2, 0.25) is 0 Å². The van der Waals surface area contributed by atoms with E-state index in [2.05, 4.69) is 4.98 Å². The third kappa shape index (κ3) is 2.68. The molecule has 0 saturated heterocycles. The Kier molecular flexibility index (Phi) is 2.97. The molecule has 3 nitrogen and oxygen atoms in total. The molecule has 0 radical (unpaired) electrons. The number of nitrogens with zero attached hydrogens (tertiary/aromatic N) is 2. The van der Waals surface area contributed by atoms with Crippen molar-refractivity contribution in [3.63, 3.8) is 0 Å². The first-order valence-electron chi connectivity index (χ1n) is 4.07. The fourth-order valence-corrected chi connectivity index (χ4v) is 0.917. The van der Waals surface area contributed by atoms with Crippen LogP contribution in [-0.4, -0.2) is 29.9 Å². The number of rotatable bonds is 1. The standard InChI is InChI=1S/C9H9F3N2O/c1-14(2)8(15)7-4-3-6(5-13-7)9(10,11)12/h3-5H,1-2H3. The highest BCUT2D eigenvalue weighted by Crippen LogP contribution is 2.28. The van der Waals surface area contributed by atoms with Crippen molar-refractivity contribution >= 4 is 5.91 Å². The van der Waals surface area contributed by atoms with Crippen LogP contribution in [0.3, 0.4) is 0 Å². The molecule has 0 aliphatic rings. The molecule has 0 fully saturated rings. The van der Waals surface area contributed by atoms with Crippen LogP contribution >= 0.6 is 0 Å². The Labute approximate surface area is 84.5 Å². The van der Waals surface area contributed by atoms with Crippen LogP contribution in [0.2, 0.25) is 0 Å². The van der Waals surface area contributed by atoms with Gasteiger partial charge in [0.1, 0.15) is 5.69 Å². The van der Waals surface area contributed by atoms with Crippen molar-refractivity contribution in [3.8, 4) is 0 Å². The highest BCUT2D eigenvalue weighted by Gasteiger charge is 2.30. The second-order valence-corrected chi connectivity index (χ2v) is 3.13. The first kappa shape index (κ1) is 11.5. The lowest BCUT2D eigenvalue weighted by atomic mass is 10.2. The Hall–Kier alpha value is -1.59. The molecule has 0 saturated carbocycles. The van der Waals surface area contributed by atoms with Crippen LogP contribution in [0.25, 0.3) is 0 Å². The number of amides is 1. The normalized spacial score (nSPS) is 11.3. The van der Waals surface area contributed by atoms with E-state index in [0.717, 1.165) is 12.1 Å². The van der Waals surface area contributed by atoms with E-state index < -0.39 is 17.6 Å². The van der Waals surface area contributed by atoms with Gasteiger partial charge in [-0.25, -0.2) is 0 Å². The zero-order valence-corrected chi connectivity index (χ0v) is 8.17. The second-order valence-electron chi connectivity index (χ2n) is 3.13. The van der Waals surface area contributed by atoms with Crippen molar-refractivity contribution in [1.29, 1.82) is 0 Å². The molecule has 0 aliphatic heterocycles. The van der Waals surface area contributed by atoms with E-state index in [-0.39, 0.29) is 5.69 Å². The predicted octanol–water partition coefficient (Wildman–Crippen LogP) is 1.80. The SMILES string of the molecule is CN(C)C(=O)c1ccc(C(F)(F)F)cn1. The van der Waals surface area contributed by atoms with E-state index in [1.165, 1.54) is 19.0 Å². The molecule has 0 atom stereocenters. The number of aromatic nitrogens is 1. The highest BCUT2D eigenvalue weighted by atomic mass is 19.4. The Morgan fingerprint density at radius 2 is 1.93 bits per heavy atom. The minimum absolute atomic E-state index is 0.00648. The zero-order chi connectivity index (χ0) is 11.6. The molecule has 1 aromatic heterocycles. The van der Waals surface area contributed by atoms with Crippen molar-refractivity contribution in [1.82, 2.24) is 9.88 Å². The lowest BCUT2D eigenvalue weighted by Gasteiger charge is -2.10. The lowest BCUT2D eigenvalue weighted by Crippen LogP contribution is -2.23. The molecule has 0 unspecified atom stereocenters. The van der Waals surface area contributed by atoms with Crippen LogP contribution in [-0.2, 0) is 6.18 Å². The molecule has 82 valence electrons. The summed E-state index contributed by atoms with van der Waals surface area (Å²) in [6, 6.07) is 1.90. The molecule has 15 heavy (non-hydrogen) atoms. The van der Waals surface area contributed by atoms with Crippen LogP contribution in [0.4, 0.5) is 13.2 Å². The molecule has 0 spiro atoms. The van der Waals surface area contributed by atoms with Gasteiger partial charge in [-0.2, -0.15) is 13.2 Å². The van der Waals surface area contributed by atoms with Crippen molar-refractivity contribution in [3.05, 3.63) is 29.6 Å². The Morgan fingerprint density at radius 1 is 1.33 bits per heavy atom. The lowest BCUT2D eigenvalue weighted by molar-refractivity contribution is -0.137. The molecule has 6 heteroatoms. The zero-order valence-electron chi connectivity index (χ0n) is 8.17. The van der Waals surface area contributed by atoms with Gasteiger partial charge in [0.05, 0.1) is 5.56 Å². The van der Waals surface area contributed by atoms with Crippen molar-refractivity contribution < 1.29 is 18.0 Å². The van der Waals surface area contributed by atoms with Gasteiger partial charge in [-0.1, -0.05) is 0 Å². The Morgan fingerprint density at radius 3 is 2.27 bits per heavy atom. The average Bonchev–Trinajstić information content (AvgIpc) is 2.15. The number of carbonyl (C=O) groups excluding carboxylic acids is 1. The summed E-state index contributed by atoms with van der Waals surface area (Å²) in [4.78, 5) is 16.0. The van der Waals surface area contributed by atoms with Crippen molar-refractivity contribution in [2.75, 3.05) is 14.1 Å². The van der Waals surface area contributed by atoms with E-state index in [1.807, 2.05) is 0 Å². The summed E-state index contributed by atoms with van der Waals surface area (Å²) in [5.41, 5.74) is -0.870. The van der Waals surface area contributed by atoms with E-state index in [0.29, 0.717) is 6.20 Å². The molecule has 1 amide bonds. The molecule has 1 rings (SSSR count). The number of alkyl halides is 3. The first-order valence-corrected chi connectivity index (χ1v) is 4.07. The van der Waals surface area contributed by atoms with Gasteiger partial charge in [0.25, 0.3) is 5.91 Å². The van der Waals surface area contributed by atoms with Crippen molar-refractivity contribution in [2.24, 2.45) is 0 Å². The summed E-state index contributed by atoms with van der Waals surface area (Å²) < 4.78 is 36.4. The quantitative estimate of drug-likeness (QED) is 0.720. The summed E-state index contributed by atoms with van der Waals surface area (Å²) in [6.07, 6.45) is -3.77. The largest absolute Gasteiger partial charge is 0.417 e. The topological polar surface area (TPSA) is 33.2 Å². The molecule has 0 N–H and O–H groups in total. The highest BCUT2D eigenvalue weighted by molar-refractivity contribution is 5.91. The van der Waals surface area contributed by atoms with Crippen molar-refractivity contribution in [2.45, 2.75) is 6.18 Å². The maximum atomic E-state index is 12.1. The number of pyridine rings is 1. The van der Waals surface area contributed by atoms with E-state index in [1.54, 1.807) is 0 Å². The number of hydrogen-bond acceptors (Lipinski definition) is 2. The van der Waals surface area contributed by atoms with E-state index in [9.17, 15) is 18.0 Å². The number of halogens is 3. The fourth-order valence-electron chi connectivity index (χ4n) is 0.917. The van der Waals surface area contributed by atoms with E-state index in [4.69, 9.17) is 0 Å². The molecular weight excluding hydrogens is 209 g/mol. The van der Waals surface area contributed by atoms with Crippen LogP contribution in [0.15, 0.2) is 18.3 Å². The molecule has 0 bridgehead atoms. The smallest absolute Gasteiger partial charge is 0.343 e. The maximum Gasteiger partial charge on any atom is 0.417 e. The second kappa shape index (κ2) is 3.88. The minimum atomic E-state index is -4.42.